The third kappa shape index (κ3) is 4.48. The van der Waals surface area contributed by atoms with E-state index in [0.717, 1.165) is 13.0 Å². The topological polar surface area (TPSA) is 97.4 Å². The van der Waals surface area contributed by atoms with E-state index in [1.807, 2.05) is 0 Å². The molecule has 2 N–H and O–H groups in total. The van der Waals surface area contributed by atoms with Crippen LogP contribution in [0.2, 0.25) is 0 Å². The van der Waals surface area contributed by atoms with E-state index >= 15 is 0 Å². The largest absolute Gasteiger partial charge is 0.496 e. The number of rotatable bonds is 6. The minimum absolute atomic E-state index is 0.0199. The summed E-state index contributed by atoms with van der Waals surface area (Å²) < 4.78 is 44.1. The van der Waals surface area contributed by atoms with Gasteiger partial charge in [0.2, 0.25) is 0 Å². The highest BCUT2D eigenvalue weighted by atomic mass is 32.2. The SMILES string of the molecule is COc1ccc(S(=O)(=O)C[C@H]2CCNC2)cc1C(=O)Nc1ccc(F)c(C)n1. The molecule has 7 nitrogen and oxygen atoms in total. The van der Waals surface area contributed by atoms with Gasteiger partial charge in [0.05, 0.1) is 29.0 Å². The first kappa shape index (κ1) is 20.2. The molecule has 28 heavy (non-hydrogen) atoms. The van der Waals surface area contributed by atoms with Gasteiger partial charge in [-0.1, -0.05) is 0 Å². The Kier molecular flexibility index (Phi) is 5.95. The number of carbonyl (C=O) groups is 1. The van der Waals surface area contributed by atoms with Crippen molar-refractivity contribution in [1.82, 2.24) is 10.3 Å². The van der Waals surface area contributed by atoms with Gasteiger partial charge in [-0.2, -0.15) is 0 Å². The average molecular weight is 407 g/mol. The summed E-state index contributed by atoms with van der Waals surface area (Å²) in [5.41, 5.74) is 0.211. The summed E-state index contributed by atoms with van der Waals surface area (Å²) in [7, 11) is -2.16. The highest BCUT2D eigenvalue weighted by Gasteiger charge is 2.26. The number of amides is 1. The van der Waals surface area contributed by atoms with Gasteiger partial charge < -0.3 is 15.4 Å². The van der Waals surface area contributed by atoms with Crippen LogP contribution in [0.25, 0.3) is 0 Å². The predicted molar refractivity (Wildman–Crippen MR) is 103 cm³/mol. The number of hydrogen-bond acceptors (Lipinski definition) is 6. The van der Waals surface area contributed by atoms with Gasteiger partial charge in [0.15, 0.2) is 9.84 Å². The summed E-state index contributed by atoms with van der Waals surface area (Å²) in [5, 5.41) is 5.70. The van der Waals surface area contributed by atoms with Gasteiger partial charge in [-0.25, -0.2) is 17.8 Å². The van der Waals surface area contributed by atoms with Crippen molar-refractivity contribution in [2.75, 3.05) is 31.3 Å². The van der Waals surface area contributed by atoms with Gasteiger partial charge in [-0.05, 0) is 62.7 Å². The van der Waals surface area contributed by atoms with Crippen molar-refractivity contribution in [2.24, 2.45) is 5.92 Å². The lowest BCUT2D eigenvalue weighted by Gasteiger charge is -2.13. The molecule has 9 heteroatoms. The van der Waals surface area contributed by atoms with Crippen molar-refractivity contribution in [2.45, 2.75) is 18.2 Å². The highest BCUT2D eigenvalue weighted by Crippen LogP contribution is 2.26. The second-order valence-electron chi connectivity index (χ2n) is 6.72. The number of sulfone groups is 1. The molecule has 1 fully saturated rings. The van der Waals surface area contributed by atoms with Crippen LogP contribution in [-0.2, 0) is 9.84 Å². The van der Waals surface area contributed by atoms with Gasteiger partial charge in [-0.15, -0.1) is 0 Å². The molecule has 0 saturated carbocycles. The Morgan fingerprint density at radius 1 is 1.36 bits per heavy atom. The van der Waals surface area contributed by atoms with Gasteiger partial charge >= 0.3 is 0 Å². The van der Waals surface area contributed by atoms with Crippen molar-refractivity contribution in [3.05, 3.63) is 47.4 Å². The Labute approximate surface area is 163 Å². The average Bonchev–Trinajstić information content (AvgIpc) is 3.16. The lowest BCUT2D eigenvalue weighted by atomic mass is 10.2. The number of methoxy groups -OCH3 is 1. The Hall–Kier alpha value is -2.52. The molecule has 1 aromatic heterocycles. The second-order valence-corrected chi connectivity index (χ2v) is 8.75. The molecule has 2 aromatic rings. The minimum atomic E-state index is -3.55. The van der Waals surface area contributed by atoms with Crippen molar-refractivity contribution in [1.29, 1.82) is 0 Å². The number of carbonyl (C=O) groups excluding carboxylic acids is 1. The maximum absolute atomic E-state index is 13.4. The lowest BCUT2D eigenvalue weighted by molar-refractivity contribution is 0.102. The van der Waals surface area contributed by atoms with E-state index in [4.69, 9.17) is 4.74 Å². The molecule has 0 radical (unpaired) electrons. The second kappa shape index (κ2) is 8.24. The third-order valence-corrected chi connectivity index (χ3v) is 6.54. The summed E-state index contributed by atoms with van der Waals surface area (Å²) in [6.45, 7) is 2.95. The fourth-order valence-electron chi connectivity index (χ4n) is 3.12. The first-order chi connectivity index (χ1) is 13.3. The number of hydrogen-bond donors (Lipinski definition) is 2. The zero-order valence-electron chi connectivity index (χ0n) is 15.7. The number of nitrogens with one attached hydrogen (secondary N) is 2. The summed E-state index contributed by atoms with van der Waals surface area (Å²) in [5.74, 6) is -0.601. The van der Waals surface area contributed by atoms with Crippen molar-refractivity contribution in [3.8, 4) is 5.75 Å². The first-order valence-corrected chi connectivity index (χ1v) is 10.5. The molecule has 1 amide bonds. The molecule has 1 aliphatic rings. The standard InChI is InChI=1S/C19H22FN3O4S/c1-12-16(20)4-6-18(22-12)23-19(24)15-9-14(3-5-17(15)27-2)28(25,26)11-13-7-8-21-10-13/h3-6,9,13,21H,7-8,10-11H2,1-2H3,(H,22,23,24)/t13-/m0/s1. The zero-order valence-corrected chi connectivity index (χ0v) is 16.5. The van der Waals surface area contributed by atoms with Crippen LogP contribution < -0.4 is 15.4 Å². The number of pyridine rings is 1. The van der Waals surface area contributed by atoms with Gasteiger partial charge in [0.1, 0.15) is 17.4 Å². The summed E-state index contributed by atoms with van der Waals surface area (Å²) in [6.07, 6.45) is 0.804. The highest BCUT2D eigenvalue weighted by molar-refractivity contribution is 7.91. The van der Waals surface area contributed by atoms with Crippen LogP contribution in [0.4, 0.5) is 10.2 Å². The molecule has 3 rings (SSSR count). The molecule has 0 unspecified atom stereocenters. The molecule has 1 aliphatic heterocycles. The van der Waals surface area contributed by atoms with Crippen LogP contribution in [0.15, 0.2) is 35.2 Å². The van der Waals surface area contributed by atoms with Crippen LogP contribution in [0, 0.1) is 18.7 Å². The van der Waals surface area contributed by atoms with Crippen molar-refractivity contribution < 1.29 is 22.3 Å². The fourth-order valence-corrected chi connectivity index (χ4v) is 4.79. The molecule has 1 atom stereocenters. The van der Waals surface area contributed by atoms with Crippen LogP contribution >= 0.6 is 0 Å². The smallest absolute Gasteiger partial charge is 0.260 e. The van der Waals surface area contributed by atoms with E-state index in [1.54, 1.807) is 0 Å². The summed E-state index contributed by atoms with van der Waals surface area (Å²) in [6, 6.07) is 6.74. The van der Waals surface area contributed by atoms with Crippen LogP contribution in [0.1, 0.15) is 22.5 Å². The number of anilines is 1. The maximum Gasteiger partial charge on any atom is 0.260 e. The van der Waals surface area contributed by atoms with E-state index in [2.05, 4.69) is 15.6 Å². The van der Waals surface area contributed by atoms with Crippen LogP contribution in [-0.4, -0.2) is 45.3 Å². The number of aryl methyl sites for hydroxylation is 1. The Morgan fingerprint density at radius 2 is 2.14 bits per heavy atom. The van der Waals surface area contributed by atoms with E-state index in [1.165, 1.54) is 44.4 Å². The number of halogens is 1. The van der Waals surface area contributed by atoms with Crippen molar-refractivity contribution in [3.63, 3.8) is 0 Å². The number of ether oxygens (including phenoxy) is 1. The molecule has 0 aliphatic carbocycles. The molecular weight excluding hydrogens is 385 g/mol. The normalized spacial score (nSPS) is 16.8. The third-order valence-electron chi connectivity index (χ3n) is 4.66. The van der Waals surface area contributed by atoms with E-state index in [9.17, 15) is 17.6 Å². The van der Waals surface area contributed by atoms with Crippen molar-refractivity contribution >= 4 is 21.6 Å². The predicted octanol–water partition coefficient (Wildman–Crippen LogP) is 2.17. The Balaban J connectivity index is 1.87. The van der Waals surface area contributed by atoms with Gasteiger partial charge in [-0.3, -0.25) is 4.79 Å². The minimum Gasteiger partial charge on any atom is -0.496 e. The molecule has 0 bridgehead atoms. The fraction of sp³-hybridized carbons (Fsp3) is 0.368. The zero-order chi connectivity index (χ0) is 20.3. The Bertz CT molecular complexity index is 989. The molecule has 150 valence electrons. The summed E-state index contributed by atoms with van der Waals surface area (Å²) in [4.78, 5) is 16.7. The number of aromatic nitrogens is 1. The molecule has 2 heterocycles. The molecule has 1 aromatic carbocycles. The summed E-state index contributed by atoms with van der Waals surface area (Å²) >= 11 is 0. The number of benzene rings is 1. The first-order valence-electron chi connectivity index (χ1n) is 8.86. The maximum atomic E-state index is 13.4. The molecular formula is C19H22FN3O4S. The quantitative estimate of drug-likeness (QED) is 0.762. The molecule has 0 spiro atoms. The van der Waals surface area contributed by atoms with Gasteiger partial charge in [0, 0.05) is 0 Å². The van der Waals surface area contributed by atoms with E-state index < -0.39 is 21.6 Å². The van der Waals surface area contributed by atoms with Gasteiger partial charge in [0.25, 0.3) is 5.91 Å². The number of nitrogens with zero attached hydrogens (tertiary/aromatic N) is 1. The Morgan fingerprint density at radius 3 is 2.79 bits per heavy atom. The van der Waals surface area contributed by atoms with Crippen LogP contribution in [0.5, 0.6) is 5.75 Å². The lowest BCUT2D eigenvalue weighted by Crippen LogP contribution is -2.20. The van der Waals surface area contributed by atoms with Crippen LogP contribution in [0.3, 0.4) is 0 Å². The monoisotopic (exact) mass is 407 g/mol. The molecule has 1 saturated heterocycles. The van der Waals surface area contributed by atoms with E-state index in [-0.39, 0.29) is 39.4 Å². The van der Waals surface area contributed by atoms with E-state index in [0.29, 0.717) is 6.54 Å².